The quantitative estimate of drug-likeness (QED) is 0.606. The minimum atomic E-state index is -4.66. The number of hydrogen-bond acceptors (Lipinski definition) is 7. The van der Waals surface area contributed by atoms with Gasteiger partial charge in [-0.1, -0.05) is 0 Å². The Labute approximate surface area is 193 Å². The molecule has 1 saturated heterocycles. The molecule has 1 amide bonds. The van der Waals surface area contributed by atoms with E-state index in [-0.39, 0.29) is 5.56 Å². The van der Waals surface area contributed by atoms with Crippen LogP contribution in [0.3, 0.4) is 0 Å². The maximum absolute atomic E-state index is 12.9. The van der Waals surface area contributed by atoms with Gasteiger partial charge in [0.1, 0.15) is 17.6 Å². The minimum absolute atomic E-state index is 0.182. The number of amides is 1. The van der Waals surface area contributed by atoms with Crippen molar-refractivity contribution in [2.75, 3.05) is 36.4 Å². The van der Waals surface area contributed by atoms with Crippen LogP contribution < -0.4 is 15.5 Å². The highest BCUT2D eigenvalue weighted by Crippen LogP contribution is 2.30. The van der Waals surface area contributed by atoms with Gasteiger partial charge in [-0.15, -0.1) is 0 Å². The van der Waals surface area contributed by atoms with Crippen LogP contribution in [-0.2, 0) is 6.18 Å². The molecule has 0 aromatic carbocycles. The molecule has 4 rings (SSSR count). The SMILES string of the molecule is Cc1ncc(NC(=O)c2ccnc(C(F)(F)F)c2)cc1-c1cnc(N2CCNCC2)c(C#N)c1. The Bertz CT molecular complexity index is 1260. The summed E-state index contributed by atoms with van der Waals surface area (Å²) in [5.74, 6) is -0.115. The van der Waals surface area contributed by atoms with Crippen molar-refractivity contribution in [3.8, 4) is 17.2 Å². The number of aromatic nitrogens is 3. The highest BCUT2D eigenvalue weighted by molar-refractivity contribution is 6.04. The first-order valence-corrected chi connectivity index (χ1v) is 10.4. The van der Waals surface area contributed by atoms with Crippen LogP contribution in [0.5, 0.6) is 0 Å². The van der Waals surface area contributed by atoms with E-state index in [0.29, 0.717) is 40.0 Å². The van der Waals surface area contributed by atoms with Crippen LogP contribution in [0.25, 0.3) is 11.1 Å². The first-order valence-electron chi connectivity index (χ1n) is 10.4. The Morgan fingerprint density at radius 2 is 1.91 bits per heavy atom. The predicted molar refractivity (Wildman–Crippen MR) is 119 cm³/mol. The number of piperazine rings is 1. The Morgan fingerprint density at radius 3 is 2.62 bits per heavy atom. The van der Waals surface area contributed by atoms with Crippen molar-refractivity contribution in [1.82, 2.24) is 20.3 Å². The van der Waals surface area contributed by atoms with Crippen LogP contribution in [-0.4, -0.2) is 47.0 Å². The standard InChI is InChI=1S/C23H20F3N7O/c1-14-19(17-8-16(11-27)21(31-12-17)33-6-4-28-5-7-33)10-18(13-30-14)32-22(34)15-2-3-29-20(9-15)23(24,25)26/h2-3,8-10,12-13,28H,4-7H2,1H3,(H,32,34). The van der Waals surface area contributed by atoms with Gasteiger partial charge in [0.15, 0.2) is 0 Å². The molecule has 11 heteroatoms. The fourth-order valence-electron chi connectivity index (χ4n) is 3.64. The number of anilines is 2. The summed E-state index contributed by atoms with van der Waals surface area (Å²) in [6, 6.07) is 7.45. The largest absolute Gasteiger partial charge is 0.433 e. The molecular weight excluding hydrogens is 447 g/mol. The van der Waals surface area contributed by atoms with Crippen molar-refractivity contribution in [3.63, 3.8) is 0 Å². The summed E-state index contributed by atoms with van der Waals surface area (Å²) < 4.78 is 38.7. The zero-order valence-corrected chi connectivity index (χ0v) is 18.1. The second-order valence-electron chi connectivity index (χ2n) is 7.68. The number of aryl methyl sites for hydroxylation is 1. The van der Waals surface area contributed by atoms with Crippen molar-refractivity contribution < 1.29 is 18.0 Å². The second-order valence-corrected chi connectivity index (χ2v) is 7.68. The van der Waals surface area contributed by atoms with Gasteiger partial charge in [0.2, 0.25) is 0 Å². The van der Waals surface area contributed by atoms with E-state index in [1.54, 1.807) is 25.3 Å². The highest BCUT2D eigenvalue weighted by atomic mass is 19.4. The van der Waals surface area contributed by atoms with Gasteiger partial charge in [0.05, 0.1) is 17.4 Å². The van der Waals surface area contributed by atoms with Crippen LogP contribution in [0.1, 0.15) is 27.3 Å². The summed E-state index contributed by atoms with van der Waals surface area (Å²) in [4.78, 5) is 26.7. The molecular formula is C23H20F3N7O. The van der Waals surface area contributed by atoms with Crippen LogP contribution in [0, 0.1) is 18.3 Å². The summed E-state index contributed by atoms with van der Waals surface area (Å²) in [5, 5.41) is 15.5. The molecule has 34 heavy (non-hydrogen) atoms. The Balaban J connectivity index is 1.60. The third-order valence-electron chi connectivity index (χ3n) is 5.37. The van der Waals surface area contributed by atoms with Gasteiger partial charge in [-0.25, -0.2) is 4.98 Å². The molecule has 174 valence electrons. The fourth-order valence-corrected chi connectivity index (χ4v) is 3.64. The Kier molecular flexibility index (Phi) is 6.43. The summed E-state index contributed by atoms with van der Waals surface area (Å²) >= 11 is 0. The van der Waals surface area contributed by atoms with E-state index < -0.39 is 17.8 Å². The molecule has 3 aromatic heterocycles. The van der Waals surface area contributed by atoms with E-state index >= 15 is 0 Å². The molecule has 8 nitrogen and oxygen atoms in total. The van der Waals surface area contributed by atoms with Gasteiger partial charge in [-0.05, 0) is 31.2 Å². The normalized spacial score (nSPS) is 13.9. The molecule has 0 radical (unpaired) electrons. The third-order valence-corrected chi connectivity index (χ3v) is 5.37. The number of carbonyl (C=O) groups excluding carboxylic acids is 1. The number of hydrogen-bond donors (Lipinski definition) is 2. The molecule has 2 N–H and O–H groups in total. The lowest BCUT2D eigenvalue weighted by Gasteiger charge is -2.29. The molecule has 0 bridgehead atoms. The van der Waals surface area contributed by atoms with Crippen molar-refractivity contribution in [2.24, 2.45) is 0 Å². The number of alkyl halides is 3. The Hall–Kier alpha value is -4.04. The number of carbonyl (C=O) groups is 1. The highest BCUT2D eigenvalue weighted by Gasteiger charge is 2.33. The average molecular weight is 467 g/mol. The molecule has 0 spiro atoms. The van der Waals surface area contributed by atoms with E-state index in [1.807, 2.05) is 4.90 Å². The molecule has 3 aromatic rings. The van der Waals surface area contributed by atoms with Gasteiger partial charge in [0.25, 0.3) is 5.91 Å². The first-order chi connectivity index (χ1) is 16.3. The van der Waals surface area contributed by atoms with Gasteiger partial charge in [0, 0.05) is 61.0 Å². The topological polar surface area (TPSA) is 107 Å². The summed E-state index contributed by atoms with van der Waals surface area (Å²) in [7, 11) is 0. The van der Waals surface area contributed by atoms with E-state index in [0.717, 1.165) is 32.4 Å². The van der Waals surface area contributed by atoms with Crippen molar-refractivity contribution in [2.45, 2.75) is 13.1 Å². The number of nitriles is 1. The second kappa shape index (κ2) is 9.44. The number of halogens is 3. The molecule has 1 fully saturated rings. The lowest BCUT2D eigenvalue weighted by Crippen LogP contribution is -2.44. The van der Waals surface area contributed by atoms with E-state index in [2.05, 4.69) is 31.7 Å². The van der Waals surface area contributed by atoms with Crippen molar-refractivity contribution >= 4 is 17.4 Å². The van der Waals surface area contributed by atoms with E-state index in [9.17, 15) is 23.2 Å². The lowest BCUT2D eigenvalue weighted by atomic mass is 10.0. The maximum Gasteiger partial charge on any atom is 0.433 e. The number of nitrogens with one attached hydrogen (secondary N) is 2. The monoisotopic (exact) mass is 467 g/mol. The van der Waals surface area contributed by atoms with Crippen molar-refractivity contribution in [3.05, 3.63) is 65.4 Å². The molecule has 1 aliphatic heterocycles. The molecule has 0 atom stereocenters. The smallest absolute Gasteiger partial charge is 0.353 e. The molecule has 1 aliphatic rings. The summed E-state index contributed by atoms with van der Waals surface area (Å²) in [6.07, 6.45) is -0.661. The van der Waals surface area contributed by atoms with Gasteiger partial charge >= 0.3 is 6.18 Å². The minimum Gasteiger partial charge on any atom is -0.353 e. The van der Waals surface area contributed by atoms with E-state index in [4.69, 9.17) is 0 Å². The molecule has 0 unspecified atom stereocenters. The number of pyridine rings is 3. The lowest BCUT2D eigenvalue weighted by molar-refractivity contribution is -0.141. The predicted octanol–water partition coefficient (Wildman–Crippen LogP) is 3.40. The average Bonchev–Trinajstić information content (AvgIpc) is 2.85. The number of nitrogens with zero attached hydrogens (tertiary/aromatic N) is 5. The van der Waals surface area contributed by atoms with Crippen LogP contribution in [0.4, 0.5) is 24.7 Å². The zero-order valence-electron chi connectivity index (χ0n) is 18.1. The number of rotatable bonds is 4. The molecule has 0 aliphatic carbocycles. The van der Waals surface area contributed by atoms with Crippen LogP contribution in [0.2, 0.25) is 0 Å². The fraction of sp³-hybridized carbons (Fsp3) is 0.261. The van der Waals surface area contributed by atoms with Crippen LogP contribution >= 0.6 is 0 Å². The molecule has 0 saturated carbocycles. The maximum atomic E-state index is 12.9. The summed E-state index contributed by atoms with van der Waals surface area (Å²) in [5.41, 5.74) is 1.30. The zero-order chi connectivity index (χ0) is 24.3. The van der Waals surface area contributed by atoms with Crippen molar-refractivity contribution in [1.29, 1.82) is 5.26 Å². The Morgan fingerprint density at radius 1 is 1.15 bits per heavy atom. The van der Waals surface area contributed by atoms with Gasteiger partial charge in [-0.3, -0.25) is 14.8 Å². The molecule has 4 heterocycles. The first kappa shape index (κ1) is 23.1. The van der Waals surface area contributed by atoms with Crippen LogP contribution in [0.15, 0.2) is 42.9 Å². The van der Waals surface area contributed by atoms with E-state index in [1.165, 1.54) is 12.3 Å². The van der Waals surface area contributed by atoms with Gasteiger partial charge in [-0.2, -0.15) is 18.4 Å². The van der Waals surface area contributed by atoms with Gasteiger partial charge < -0.3 is 15.5 Å². The third kappa shape index (κ3) is 4.97. The summed E-state index contributed by atoms with van der Waals surface area (Å²) in [6.45, 7) is 4.88.